The molecule has 1 aromatic heterocycles. The Hall–Kier alpha value is -2.95. The number of benzene rings is 1. The van der Waals surface area contributed by atoms with E-state index in [-0.39, 0.29) is 30.5 Å². The number of halogens is 3. The fourth-order valence-corrected chi connectivity index (χ4v) is 2.27. The van der Waals surface area contributed by atoms with E-state index in [0.29, 0.717) is 6.54 Å². The van der Waals surface area contributed by atoms with Crippen LogP contribution in [0.5, 0.6) is 0 Å². The highest BCUT2D eigenvalue weighted by molar-refractivity contribution is 5.74. The summed E-state index contributed by atoms with van der Waals surface area (Å²) in [7, 11) is 0. The predicted octanol–water partition coefficient (Wildman–Crippen LogP) is 2.97. The predicted molar refractivity (Wildman–Crippen MR) is 88.4 cm³/mol. The maximum atomic E-state index is 12.6. The molecule has 2 rings (SSSR count). The number of hydrogen-bond acceptors (Lipinski definition) is 7. The van der Waals surface area contributed by atoms with Crippen LogP contribution in [0, 0.1) is 10.1 Å². The molecule has 2 aromatic rings. The zero-order valence-electron chi connectivity index (χ0n) is 13.7. The van der Waals surface area contributed by atoms with Crippen LogP contribution in [0.15, 0.2) is 30.6 Å². The SMILES string of the molecule is CCN(CCO)c1ncnc(Nc2ccc(C(F)(F)F)cc2)c1[N+](=O)[O-]. The molecule has 2 N–H and O–H groups in total. The van der Waals surface area contributed by atoms with Gasteiger partial charge in [-0.1, -0.05) is 0 Å². The third-order valence-electron chi connectivity index (χ3n) is 3.51. The molecular formula is C15H16F3N5O3. The Morgan fingerprint density at radius 1 is 1.27 bits per heavy atom. The number of alkyl halides is 3. The molecule has 0 saturated heterocycles. The van der Waals surface area contributed by atoms with Crippen LogP contribution in [0.3, 0.4) is 0 Å². The third kappa shape index (κ3) is 4.36. The van der Waals surface area contributed by atoms with Crippen LogP contribution >= 0.6 is 0 Å². The van der Waals surface area contributed by atoms with Crippen molar-refractivity contribution in [3.05, 3.63) is 46.3 Å². The number of anilines is 3. The average molecular weight is 371 g/mol. The van der Waals surface area contributed by atoms with E-state index in [1.165, 1.54) is 4.90 Å². The fraction of sp³-hybridized carbons (Fsp3) is 0.333. The van der Waals surface area contributed by atoms with Gasteiger partial charge in [-0.15, -0.1) is 0 Å². The van der Waals surface area contributed by atoms with Gasteiger partial charge in [-0.25, -0.2) is 9.97 Å². The Morgan fingerprint density at radius 2 is 1.92 bits per heavy atom. The van der Waals surface area contributed by atoms with Crippen molar-refractivity contribution in [1.29, 1.82) is 0 Å². The van der Waals surface area contributed by atoms with E-state index in [0.717, 1.165) is 30.6 Å². The van der Waals surface area contributed by atoms with Gasteiger partial charge in [0.05, 0.1) is 17.1 Å². The van der Waals surface area contributed by atoms with Crippen molar-refractivity contribution < 1.29 is 23.2 Å². The van der Waals surface area contributed by atoms with E-state index in [1.807, 2.05) is 0 Å². The molecule has 0 unspecified atom stereocenters. The topological polar surface area (TPSA) is 104 Å². The molecule has 0 spiro atoms. The standard InChI is InChI=1S/C15H16F3N5O3/c1-2-22(7-8-24)14-12(23(25)26)13(19-9-20-14)21-11-5-3-10(4-6-11)15(16,17)18/h3-6,9,24H,2,7-8H2,1H3,(H,19,20,21). The smallest absolute Gasteiger partial charge is 0.395 e. The van der Waals surface area contributed by atoms with Crippen LogP contribution in [0.25, 0.3) is 0 Å². The van der Waals surface area contributed by atoms with Gasteiger partial charge in [0.1, 0.15) is 6.33 Å². The molecule has 0 aliphatic carbocycles. The Kier molecular flexibility index (Phi) is 5.93. The van der Waals surface area contributed by atoms with E-state index in [2.05, 4.69) is 15.3 Å². The monoisotopic (exact) mass is 371 g/mol. The molecule has 140 valence electrons. The zero-order chi connectivity index (χ0) is 19.3. The maximum absolute atomic E-state index is 12.6. The molecule has 1 aromatic carbocycles. The molecule has 0 bridgehead atoms. The van der Waals surface area contributed by atoms with Gasteiger partial charge in [-0.3, -0.25) is 10.1 Å². The number of hydrogen-bond donors (Lipinski definition) is 2. The molecule has 8 nitrogen and oxygen atoms in total. The van der Waals surface area contributed by atoms with E-state index >= 15 is 0 Å². The average Bonchev–Trinajstić information content (AvgIpc) is 2.59. The Bertz CT molecular complexity index is 768. The number of nitrogens with one attached hydrogen (secondary N) is 1. The summed E-state index contributed by atoms with van der Waals surface area (Å²) < 4.78 is 37.8. The van der Waals surface area contributed by atoms with E-state index in [1.54, 1.807) is 6.92 Å². The van der Waals surface area contributed by atoms with Crippen LogP contribution in [0.2, 0.25) is 0 Å². The van der Waals surface area contributed by atoms with Crippen molar-refractivity contribution in [3.63, 3.8) is 0 Å². The lowest BCUT2D eigenvalue weighted by Gasteiger charge is -2.21. The van der Waals surface area contributed by atoms with E-state index < -0.39 is 22.4 Å². The van der Waals surface area contributed by atoms with Crippen LogP contribution in [-0.2, 0) is 6.18 Å². The minimum absolute atomic E-state index is 0.0101. The third-order valence-corrected chi connectivity index (χ3v) is 3.51. The van der Waals surface area contributed by atoms with Crippen LogP contribution < -0.4 is 10.2 Å². The summed E-state index contributed by atoms with van der Waals surface area (Å²) in [6.45, 7) is 2.01. The lowest BCUT2D eigenvalue weighted by atomic mass is 10.2. The highest BCUT2D eigenvalue weighted by Crippen LogP contribution is 2.34. The van der Waals surface area contributed by atoms with Crippen molar-refractivity contribution >= 4 is 23.0 Å². The van der Waals surface area contributed by atoms with Crippen LogP contribution in [-0.4, -0.2) is 39.7 Å². The highest BCUT2D eigenvalue weighted by atomic mass is 19.4. The second-order valence-corrected chi connectivity index (χ2v) is 5.15. The van der Waals surface area contributed by atoms with Gasteiger partial charge in [-0.2, -0.15) is 13.2 Å². The van der Waals surface area contributed by atoms with Crippen molar-refractivity contribution in [3.8, 4) is 0 Å². The number of aromatic nitrogens is 2. The van der Waals surface area contributed by atoms with E-state index in [4.69, 9.17) is 5.11 Å². The van der Waals surface area contributed by atoms with Gasteiger partial charge >= 0.3 is 11.9 Å². The lowest BCUT2D eigenvalue weighted by molar-refractivity contribution is -0.383. The second-order valence-electron chi connectivity index (χ2n) is 5.15. The fourth-order valence-electron chi connectivity index (χ4n) is 2.27. The minimum Gasteiger partial charge on any atom is -0.395 e. The molecule has 26 heavy (non-hydrogen) atoms. The van der Waals surface area contributed by atoms with Gasteiger partial charge < -0.3 is 15.3 Å². The molecule has 0 aliphatic rings. The number of nitro groups is 1. The molecule has 0 fully saturated rings. The Morgan fingerprint density at radius 3 is 2.42 bits per heavy atom. The van der Waals surface area contributed by atoms with Gasteiger partial charge in [-0.05, 0) is 31.2 Å². The summed E-state index contributed by atoms with van der Waals surface area (Å²) in [5, 5.41) is 23.2. The second kappa shape index (κ2) is 7.95. The number of aliphatic hydroxyl groups is 1. The lowest BCUT2D eigenvalue weighted by Crippen LogP contribution is -2.28. The first kappa shape index (κ1) is 19.4. The van der Waals surface area contributed by atoms with Crippen LogP contribution in [0.4, 0.5) is 36.2 Å². The molecule has 0 saturated carbocycles. The van der Waals surface area contributed by atoms with E-state index in [9.17, 15) is 23.3 Å². The van der Waals surface area contributed by atoms with Gasteiger partial charge in [0, 0.05) is 18.8 Å². The molecule has 0 atom stereocenters. The summed E-state index contributed by atoms with van der Waals surface area (Å²) in [6, 6.07) is 4.03. The summed E-state index contributed by atoms with van der Waals surface area (Å²) >= 11 is 0. The normalized spacial score (nSPS) is 11.3. The first-order chi connectivity index (χ1) is 12.3. The molecule has 0 aliphatic heterocycles. The minimum atomic E-state index is -4.47. The van der Waals surface area contributed by atoms with Crippen LogP contribution in [0.1, 0.15) is 12.5 Å². The molecule has 0 radical (unpaired) electrons. The molecular weight excluding hydrogens is 355 g/mol. The number of aliphatic hydroxyl groups excluding tert-OH is 1. The Balaban J connectivity index is 2.39. The summed E-state index contributed by atoms with van der Waals surface area (Å²) in [5.41, 5.74) is -1.06. The zero-order valence-corrected chi connectivity index (χ0v) is 13.7. The van der Waals surface area contributed by atoms with Crippen molar-refractivity contribution in [2.75, 3.05) is 29.9 Å². The largest absolute Gasteiger partial charge is 0.416 e. The van der Waals surface area contributed by atoms with Crippen molar-refractivity contribution in [2.45, 2.75) is 13.1 Å². The quantitative estimate of drug-likeness (QED) is 0.569. The number of nitrogens with zero attached hydrogens (tertiary/aromatic N) is 4. The summed E-state index contributed by atoms with van der Waals surface area (Å²) in [6.07, 6.45) is -3.37. The molecule has 0 amide bonds. The highest BCUT2D eigenvalue weighted by Gasteiger charge is 2.30. The first-order valence-corrected chi connectivity index (χ1v) is 7.57. The van der Waals surface area contributed by atoms with Gasteiger partial charge in [0.15, 0.2) is 0 Å². The number of likely N-dealkylation sites (N-methyl/N-ethyl adjacent to an activating group) is 1. The number of rotatable bonds is 7. The van der Waals surface area contributed by atoms with Gasteiger partial charge in [0.25, 0.3) is 0 Å². The maximum Gasteiger partial charge on any atom is 0.416 e. The molecule has 11 heteroatoms. The van der Waals surface area contributed by atoms with Gasteiger partial charge in [0.2, 0.25) is 11.6 Å². The Labute approximate surface area is 146 Å². The van der Waals surface area contributed by atoms with Crippen molar-refractivity contribution in [2.24, 2.45) is 0 Å². The molecule has 1 heterocycles. The summed E-state index contributed by atoms with van der Waals surface area (Å²) in [4.78, 5) is 20.0. The first-order valence-electron chi connectivity index (χ1n) is 7.57. The van der Waals surface area contributed by atoms with Crippen molar-refractivity contribution in [1.82, 2.24) is 9.97 Å². The summed E-state index contributed by atoms with van der Waals surface area (Å²) in [5.74, 6) is -0.146.